The van der Waals surface area contributed by atoms with Crippen molar-refractivity contribution in [3.8, 4) is 0 Å². The fourth-order valence-electron chi connectivity index (χ4n) is 3.02. The molecule has 1 aliphatic heterocycles. The molecule has 2 rings (SSSR count). The van der Waals surface area contributed by atoms with Crippen LogP contribution in [0.15, 0.2) is 33.6 Å². The molecule has 0 radical (unpaired) electrons. The summed E-state index contributed by atoms with van der Waals surface area (Å²) in [5.41, 5.74) is 0.955. The monoisotopic (exact) mass is 411 g/mol. The number of rotatable bonds is 4. The fraction of sp³-hybridized carbons (Fsp3) is 0.632. The van der Waals surface area contributed by atoms with Crippen LogP contribution in [0.25, 0.3) is 0 Å². The number of nitrogens with two attached hydrogens (primary N) is 1. The van der Waals surface area contributed by atoms with Gasteiger partial charge in [0.15, 0.2) is 0 Å². The number of quaternary nitrogens is 1. The number of nitrogens with zero attached hydrogens (tertiary/aromatic N) is 2. The summed E-state index contributed by atoms with van der Waals surface area (Å²) < 4.78 is 28.2. The van der Waals surface area contributed by atoms with Gasteiger partial charge in [0.05, 0.1) is 18.0 Å². The molecule has 1 aromatic rings. The Bertz CT molecular complexity index is 693. The minimum Gasteiger partial charge on any atom is -0.860 e. The zero-order valence-corrected chi connectivity index (χ0v) is 17.5. The third kappa shape index (κ3) is 8.66. The lowest BCUT2D eigenvalue weighted by Crippen LogP contribution is -2.85. The summed E-state index contributed by atoms with van der Waals surface area (Å²) in [7, 11) is -3.96. The Morgan fingerprint density at radius 3 is 2.54 bits per heavy atom. The Kier molecular flexibility index (Phi) is 9.86. The molecule has 0 spiro atoms. The Balaban J connectivity index is 1.95. The fourth-order valence-corrected chi connectivity index (χ4v) is 3.93. The lowest BCUT2D eigenvalue weighted by atomic mass is 10.2. The summed E-state index contributed by atoms with van der Waals surface area (Å²) in [6.45, 7) is 9.05. The largest absolute Gasteiger partial charge is 0.860 e. The van der Waals surface area contributed by atoms with Gasteiger partial charge < -0.3 is 21.1 Å². The lowest BCUT2D eigenvalue weighted by molar-refractivity contribution is -0.653. The van der Waals surface area contributed by atoms with Gasteiger partial charge in [0, 0.05) is 39.1 Å². The van der Waals surface area contributed by atoms with Gasteiger partial charge in [-0.15, -0.1) is 0 Å². The number of sulfonamides is 1. The van der Waals surface area contributed by atoms with Crippen LogP contribution in [0.3, 0.4) is 0 Å². The topological polar surface area (TPSA) is 113 Å². The van der Waals surface area contributed by atoms with Crippen molar-refractivity contribution in [2.75, 3.05) is 58.9 Å². The van der Waals surface area contributed by atoms with E-state index in [4.69, 9.17) is 0 Å². The summed E-state index contributed by atoms with van der Waals surface area (Å²) >= 11 is 0. The van der Waals surface area contributed by atoms with Crippen LogP contribution in [0.1, 0.15) is 18.4 Å². The van der Waals surface area contributed by atoms with Crippen LogP contribution < -0.4 is 21.1 Å². The van der Waals surface area contributed by atoms with Crippen molar-refractivity contribution in [2.24, 2.45) is 4.40 Å². The predicted octanol–water partition coefficient (Wildman–Crippen LogP) is -1.72. The summed E-state index contributed by atoms with van der Waals surface area (Å²) in [5, 5.41) is 21.4. The molecule has 9 heteroatoms. The van der Waals surface area contributed by atoms with Crippen LogP contribution in [0.5, 0.6) is 0 Å². The van der Waals surface area contributed by atoms with E-state index in [-0.39, 0.29) is 11.4 Å². The number of aryl methyl sites for hydroxylation is 1. The molecule has 28 heavy (non-hydrogen) atoms. The van der Waals surface area contributed by atoms with E-state index in [2.05, 4.69) is 20.3 Å². The quantitative estimate of drug-likeness (QED) is 0.401. The molecule has 8 nitrogen and oxygen atoms in total. The van der Waals surface area contributed by atoms with E-state index in [1.54, 1.807) is 12.1 Å². The second kappa shape index (κ2) is 12.1. The molecule has 4 N–H and O–H groups in total. The highest BCUT2D eigenvalue weighted by molar-refractivity contribution is 7.90. The van der Waals surface area contributed by atoms with Crippen LogP contribution >= 0.6 is 0 Å². The second-order valence-corrected chi connectivity index (χ2v) is 8.73. The molecular weight excluding hydrogens is 378 g/mol. The minimum atomic E-state index is -3.96. The minimum absolute atomic E-state index is 0.0221. The highest BCUT2D eigenvalue weighted by Gasteiger charge is 2.13. The third-order valence-electron chi connectivity index (χ3n) is 4.62. The molecule has 1 aliphatic rings. The first-order chi connectivity index (χ1) is 13.5. The van der Waals surface area contributed by atoms with Crippen LogP contribution in [0, 0.1) is 6.92 Å². The van der Waals surface area contributed by atoms with Gasteiger partial charge in [-0.05, 0) is 44.5 Å². The van der Waals surface area contributed by atoms with Crippen LogP contribution in [-0.2, 0) is 10.0 Å². The van der Waals surface area contributed by atoms with Gasteiger partial charge in [-0.1, -0.05) is 17.7 Å². The third-order valence-corrected chi connectivity index (χ3v) is 5.93. The molecule has 0 aromatic heterocycles. The molecule has 0 saturated carbocycles. The first-order valence-corrected chi connectivity index (χ1v) is 11.4. The van der Waals surface area contributed by atoms with E-state index in [1.807, 2.05) is 11.8 Å². The van der Waals surface area contributed by atoms with Crippen molar-refractivity contribution in [1.82, 2.24) is 15.5 Å². The summed E-state index contributed by atoms with van der Waals surface area (Å²) in [6.07, 6.45) is 2.00. The van der Waals surface area contributed by atoms with Gasteiger partial charge in [-0.2, -0.15) is 12.8 Å². The molecule has 0 amide bonds. The zero-order chi connectivity index (χ0) is 20.2. The van der Waals surface area contributed by atoms with Crippen molar-refractivity contribution in [2.45, 2.75) is 24.7 Å². The normalized spacial score (nSPS) is 19.8. The van der Waals surface area contributed by atoms with Gasteiger partial charge in [0.1, 0.15) is 0 Å². The summed E-state index contributed by atoms with van der Waals surface area (Å²) in [4.78, 5) is 2.04. The SMILES string of the molecule is Cc1ccc(S(=O)(=O)/N=C(\[O-])CN2CCC[NH2+]CCNCCCNCC2)cc1. The molecule has 0 bridgehead atoms. The lowest BCUT2D eigenvalue weighted by Gasteiger charge is -2.25. The molecular formula is C19H33N5O3S. The highest BCUT2D eigenvalue weighted by atomic mass is 32.2. The van der Waals surface area contributed by atoms with Crippen molar-refractivity contribution in [1.29, 1.82) is 0 Å². The van der Waals surface area contributed by atoms with Crippen molar-refractivity contribution in [3.63, 3.8) is 0 Å². The molecule has 1 saturated heterocycles. The number of benzene rings is 1. The van der Waals surface area contributed by atoms with E-state index < -0.39 is 15.9 Å². The van der Waals surface area contributed by atoms with E-state index in [0.29, 0.717) is 6.54 Å². The van der Waals surface area contributed by atoms with Crippen LogP contribution in [0.4, 0.5) is 0 Å². The van der Waals surface area contributed by atoms with Gasteiger partial charge in [-0.25, -0.2) is 0 Å². The highest BCUT2D eigenvalue weighted by Crippen LogP contribution is 2.13. The Labute approximate surface area is 168 Å². The maximum Gasteiger partial charge on any atom is 0.281 e. The first kappa shape index (κ1) is 22.8. The zero-order valence-electron chi connectivity index (χ0n) is 16.7. The second-order valence-electron chi connectivity index (χ2n) is 7.12. The molecule has 1 aromatic carbocycles. The number of hydrogen-bond acceptors (Lipinski definition) is 6. The molecule has 1 fully saturated rings. The Hall–Kier alpha value is -1.52. The molecule has 0 aliphatic carbocycles. The maximum atomic E-state index is 12.3. The van der Waals surface area contributed by atoms with Gasteiger partial charge in [0.25, 0.3) is 10.0 Å². The average Bonchev–Trinajstić information content (AvgIpc) is 2.64. The molecule has 1 heterocycles. The molecule has 158 valence electrons. The maximum absolute atomic E-state index is 12.3. The van der Waals surface area contributed by atoms with E-state index in [0.717, 1.165) is 64.2 Å². The van der Waals surface area contributed by atoms with Crippen molar-refractivity contribution >= 4 is 15.9 Å². The van der Waals surface area contributed by atoms with E-state index in [1.165, 1.54) is 12.1 Å². The van der Waals surface area contributed by atoms with E-state index >= 15 is 0 Å². The van der Waals surface area contributed by atoms with Gasteiger partial charge >= 0.3 is 0 Å². The summed E-state index contributed by atoms with van der Waals surface area (Å²) in [5.74, 6) is -0.616. The standard InChI is InChI=1S/C19H33N5O3S/c1-17-4-6-18(7-5-17)28(26,27)23-19(25)16-24-14-3-10-21-12-11-20-8-2-9-22-13-15-24/h4-7,20-22H,2-3,8-16H2,1H3,(H,23,25). The van der Waals surface area contributed by atoms with Gasteiger partial charge in [0.2, 0.25) is 0 Å². The summed E-state index contributed by atoms with van der Waals surface area (Å²) in [6, 6.07) is 6.37. The molecule has 0 atom stereocenters. The first-order valence-electron chi connectivity index (χ1n) is 10.0. The van der Waals surface area contributed by atoms with E-state index in [9.17, 15) is 13.5 Å². The Morgan fingerprint density at radius 1 is 1.07 bits per heavy atom. The number of hydrogen-bond donors (Lipinski definition) is 3. The van der Waals surface area contributed by atoms with Crippen LogP contribution in [0.2, 0.25) is 0 Å². The average molecular weight is 412 g/mol. The van der Waals surface area contributed by atoms with Crippen molar-refractivity contribution in [3.05, 3.63) is 29.8 Å². The van der Waals surface area contributed by atoms with Crippen LogP contribution in [-0.4, -0.2) is 78.1 Å². The molecule has 0 unspecified atom stereocenters. The predicted molar refractivity (Wildman–Crippen MR) is 109 cm³/mol. The van der Waals surface area contributed by atoms with Crippen molar-refractivity contribution < 1.29 is 18.8 Å². The smallest absolute Gasteiger partial charge is 0.281 e. The number of nitrogens with one attached hydrogen (secondary N) is 2. The Morgan fingerprint density at radius 2 is 1.79 bits per heavy atom. The van der Waals surface area contributed by atoms with Gasteiger partial charge in [-0.3, -0.25) is 4.90 Å².